The van der Waals surface area contributed by atoms with Gasteiger partial charge in [-0.15, -0.1) is 0 Å². The zero-order valence-electron chi connectivity index (χ0n) is 50.8. The third kappa shape index (κ3) is 9.45. The van der Waals surface area contributed by atoms with Crippen molar-refractivity contribution in [3.63, 3.8) is 0 Å². The molecule has 0 aliphatic heterocycles. The van der Waals surface area contributed by atoms with Crippen LogP contribution in [0.5, 0.6) is 0 Å². The van der Waals surface area contributed by atoms with Crippen molar-refractivity contribution in [1.82, 2.24) is 29.1 Å². The summed E-state index contributed by atoms with van der Waals surface area (Å²) in [6.07, 6.45) is 3.95. The van der Waals surface area contributed by atoms with E-state index in [-0.39, 0.29) is 0 Å². The Hall–Kier alpha value is -10.8. The summed E-state index contributed by atoms with van der Waals surface area (Å²) in [4.78, 5) is 21.0. The summed E-state index contributed by atoms with van der Waals surface area (Å²) in [6, 6.07) is 84.4. The van der Waals surface area contributed by atoms with Gasteiger partial charge in [0.05, 0.1) is 27.8 Å². The van der Waals surface area contributed by atoms with E-state index in [0.717, 1.165) is 61.3 Å². The van der Waals surface area contributed by atoms with Gasteiger partial charge in [0.1, 0.15) is 0 Å². The van der Waals surface area contributed by atoms with Crippen molar-refractivity contribution in [3.05, 3.63) is 287 Å². The van der Waals surface area contributed by atoms with Crippen LogP contribution in [-0.2, 0) is 0 Å². The molecule has 4 aromatic heterocycles. The Balaban J connectivity index is 1.01. The van der Waals surface area contributed by atoms with Gasteiger partial charge in [0.15, 0.2) is 17.5 Å². The number of nitrogens with zero attached hydrogens (tertiary/aromatic N) is 6. The first-order valence-electron chi connectivity index (χ1n) is 30.3. The van der Waals surface area contributed by atoms with Gasteiger partial charge >= 0.3 is 0 Å². The summed E-state index contributed by atoms with van der Waals surface area (Å²) in [6.45, 7) is 17.5. The van der Waals surface area contributed by atoms with Gasteiger partial charge in [0.2, 0.25) is 0 Å². The van der Waals surface area contributed by atoms with E-state index in [1.165, 1.54) is 111 Å². The van der Waals surface area contributed by atoms with Crippen molar-refractivity contribution in [2.24, 2.45) is 0 Å². The maximum Gasteiger partial charge on any atom is 0.164 e. The topological polar surface area (TPSA) is 61.4 Å². The van der Waals surface area contributed by atoms with Crippen LogP contribution in [0.2, 0.25) is 0 Å². The Morgan fingerprint density at radius 2 is 0.625 bits per heavy atom. The van der Waals surface area contributed by atoms with Crippen LogP contribution in [0, 0.1) is 55.4 Å². The highest BCUT2D eigenvalue weighted by Gasteiger charge is 2.25. The summed E-state index contributed by atoms with van der Waals surface area (Å²) >= 11 is 0. The molecule has 0 amide bonds. The molecule has 0 fully saturated rings. The molecule has 0 unspecified atom stereocenters. The zero-order valence-corrected chi connectivity index (χ0v) is 50.8. The Kier molecular flexibility index (Phi) is 13.2. The number of hydrogen-bond acceptors (Lipinski definition) is 4. The van der Waals surface area contributed by atoms with Gasteiger partial charge in [-0.2, -0.15) is 0 Å². The highest BCUT2D eigenvalue weighted by atomic mass is 15.0. The second-order valence-corrected chi connectivity index (χ2v) is 24.0. The van der Waals surface area contributed by atoms with Crippen LogP contribution in [-0.4, -0.2) is 29.1 Å². The van der Waals surface area contributed by atoms with Crippen molar-refractivity contribution in [3.8, 4) is 101 Å². The SMILES string of the molecule is Cc1ccc(-c2ccc3c(c2)c2cc(-c4ccc(C)cc4C)ccc2n3-c2ccc(-c3nc(-c4ccccc4)nc(-c4ccccc4)n3)c(-c3cnccc3-n3c4ccc(-c5ccc(C)cc5C)cc4c4cc(-c5ccc(C)cc5C)ccc43)c2)c(C)c1. The van der Waals surface area contributed by atoms with Gasteiger partial charge in [0, 0.05) is 61.9 Å². The van der Waals surface area contributed by atoms with Gasteiger partial charge < -0.3 is 9.13 Å². The molecule has 0 radical (unpaired) electrons. The Bertz CT molecular complexity index is 5020. The molecule has 0 N–H and O–H groups in total. The monoisotopic (exact) mass is 1130 g/mol. The van der Waals surface area contributed by atoms with Gasteiger partial charge in [-0.05, 0) is 201 Å². The number of hydrogen-bond donors (Lipinski definition) is 0. The van der Waals surface area contributed by atoms with Crippen LogP contribution >= 0.6 is 0 Å². The van der Waals surface area contributed by atoms with Gasteiger partial charge in [-0.25, -0.2) is 15.0 Å². The maximum absolute atomic E-state index is 5.42. The van der Waals surface area contributed by atoms with E-state index in [4.69, 9.17) is 19.9 Å². The zero-order chi connectivity index (χ0) is 59.9. The average Bonchev–Trinajstić information content (AvgIpc) is 1.63. The highest BCUT2D eigenvalue weighted by molar-refractivity contribution is 6.14. The van der Waals surface area contributed by atoms with Crippen molar-refractivity contribution >= 4 is 43.6 Å². The Morgan fingerprint density at radius 3 is 1.01 bits per heavy atom. The van der Waals surface area contributed by atoms with E-state index in [1.807, 2.05) is 48.8 Å². The minimum Gasteiger partial charge on any atom is -0.309 e. The predicted molar refractivity (Wildman–Crippen MR) is 368 cm³/mol. The maximum atomic E-state index is 5.42. The minimum absolute atomic E-state index is 0.556. The molecule has 11 aromatic carbocycles. The lowest BCUT2D eigenvalue weighted by molar-refractivity contribution is 1.07. The van der Waals surface area contributed by atoms with Crippen LogP contribution in [0.3, 0.4) is 0 Å². The standard InChI is InChI=1S/C82H64N6/c1-49-19-28-64(53(5)39-49)59-23-33-75-70(43-59)71-44-60(65-29-20-50(2)40-54(65)6)24-34-76(71)87(75)63-27-32-68(82-85-80(57-15-11-9-12-16-57)84-81(86-82)58-17-13-10-14-18-58)69(47-63)74-48-83-38-37-79(74)88-77-35-25-61(66-30-21-51(3)41-55(66)7)45-72(77)73-46-62(26-36-78(73)88)67-31-22-52(4)42-56(67)8/h9-48H,1-8H3. The quantitative estimate of drug-likeness (QED) is 0.137. The first-order valence-corrected chi connectivity index (χ1v) is 30.3. The molecule has 15 rings (SSSR count). The normalized spacial score (nSPS) is 11.6. The second kappa shape index (κ2) is 21.6. The summed E-state index contributed by atoms with van der Waals surface area (Å²) in [5.74, 6) is 1.74. The fourth-order valence-corrected chi connectivity index (χ4v) is 13.6. The summed E-state index contributed by atoms with van der Waals surface area (Å²) in [5.41, 5.74) is 30.5. The second-order valence-electron chi connectivity index (χ2n) is 24.0. The predicted octanol–water partition coefficient (Wildman–Crippen LogP) is 21.3. The lowest BCUT2D eigenvalue weighted by Gasteiger charge is -2.19. The molecule has 0 aliphatic carbocycles. The number of pyridine rings is 1. The van der Waals surface area contributed by atoms with Crippen LogP contribution in [0.25, 0.3) is 145 Å². The average molecular weight is 1130 g/mol. The lowest BCUT2D eigenvalue weighted by Crippen LogP contribution is -2.04. The summed E-state index contributed by atoms with van der Waals surface area (Å²) < 4.78 is 4.88. The first-order chi connectivity index (χ1) is 42.9. The molecule has 0 bridgehead atoms. The van der Waals surface area contributed by atoms with E-state index >= 15 is 0 Å². The molecule has 422 valence electrons. The molecule has 6 nitrogen and oxygen atoms in total. The Labute approximate surface area is 513 Å². The van der Waals surface area contributed by atoms with E-state index < -0.39 is 0 Å². The van der Waals surface area contributed by atoms with Crippen molar-refractivity contribution in [1.29, 1.82) is 0 Å². The number of rotatable bonds is 10. The van der Waals surface area contributed by atoms with Gasteiger partial charge in [-0.1, -0.05) is 180 Å². The molecule has 4 heterocycles. The van der Waals surface area contributed by atoms with E-state index in [0.29, 0.717) is 17.5 Å². The minimum atomic E-state index is 0.556. The molecule has 0 saturated carbocycles. The third-order valence-electron chi connectivity index (χ3n) is 17.8. The fourth-order valence-electron chi connectivity index (χ4n) is 13.6. The molecule has 15 aromatic rings. The molecule has 0 atom stereocenters. The lowest BCUT2D eigenvalue weighted by atomic mass is 9.95. The largest absolute Gasteiger partial charge is 0.309 e. The molecule has 6 heteroatoms. The smallest absolute Gasteiger partial charge is 0.164 e. The number of fused-ring (bicyclic) bond motifs is 6. The Morgan fingerprint density at radius 1 is 0.261 bits per heavy atom. The highest BCUT2D eigenvalue weighted by Crippen LogP contribution is 2.45. The number of aromatic nitrogens is 6. The number of aryl methyl sites for hydroxylation is 8. The van der Waals surface area contributed by atoms with Crippen molar-refractivity contribution in [2.45, 2.75) is 55.4 Å². The van der Waals surface area contributed by atoms with Crippen molar-refractivity contribution < 1.29 is 0 Å². The molecular formula is C82H64N6. The summed E-state index contributed by atoms with van der Waals surface area (Å²) in [7, 11) is 0. The molecule has 0 saturated heterocycles. The van der Waals surface area contributed by atoms with Gasteiger partial charge in [-0.3, -0.25) is 4.98 Å². The van der Waals surface area contributed by atoms with Crippen LogP contribution in [0.4, 0.5) is 0 Å². The number of benzene rings is 11. The first kappa shape index (κ1) is 53.9. The van der Waals surface area contributed by atoms with E-state index in [9.17, 15) is 0 Å². The van der Waals surface area contributed by atoms with Crippen LogP contribution < -0.4 is 0 Å². The molecule has 0 spiro atoms. The van der Waals surface area contributed by atoms with Crippen LogP contribution in [0.15, 0.2) is 243 Å². The van der Waals surface area contributed by atoms with Crippen molar-refractivity contribution in [2.75, 3.05) is 0 Å². The third-order valence-corrected chi connectivity index (χ3v) is 17.8. The molecule has 88 heavy (non-hydrogen) atoms. The fraction of sp³-hybridized carbons (Fsp3) is 0.0976. The summed E-state index contributed by atoms with van der Waals surface area (Å²) in [5, 5.41) is 4.68. The molecule has 0 aliphatic rings. The van der Waals surface area contributed by atoms with Crippen LogP contribution in [0.1, 0.15) is 44.5 Å². The van der Waals surface area contributed by atoms with E-state index in [2.05, 4.69) is 259 Å². The van der Waals surface area contributed by atoms with E-state index in [1.54, 1.807) is 0 Å². The molecular weight excluding hydrogens is 1070 g/mol. The van der Waals surface area contributed by atoms with Gasteiger partial charge in [0.25, 0.3) is 0 Å².